The fourth-order valence-electron chi connectivity index (χ4n) is 1.82. The lowest BCUT2D eigenvalue weighted by Crippen LogP contribution is -2.12. The maximum Gasteiger partial charge on any atom is 0.255 e. The van der Waals surface area contributed by atoms with Crippen molar-refractivity contribution < 1.29 is 18.1 Å². The molecular formula is C15H13ClFNO3S. The number of anilines is 1. The number of carbonyl (C=O) groups excluding carboxylic acids is 1. The molecule has 0 saturated heterocycles. The van der Waals surface area contributed by atoms with Gasteiger partial charge in [-0.05, 0) is 36.4 Å². The average Bonchev–Trinajstić information content (AvgIpc) is 2.47. The number of amides is 1. The lowest BCUT2D eigenvalue weighted by atomic mass is 10.2. The highest BCUT2D eigenvalue weighted by molar-refractivity contribution is 7.84. The molecule has 22 heavy (non-hydrogen) atoms. The van der Waals surface area contributed by atoms with Crippen LogP contribution in [0.25, 0.3) is 0 Å². The number of halogens is 2. The number of hydrogen-bond donors (Lipinski definition) is 1. The molecule has 0 aromatic heterocycles. The minimum Gasteiger partial charge on any atom is -0.495 e. The SMILES string of the molecule is COc1cc(C(=O)Nc2ccc(S(C)=O)c(F)c2)ccc1Cl. The van der Waals surface area contributed by atoms with Crippen LogP contribution in [0.5, 0.6) is 5.75 Å². The molecule has 0 aliphatic rings. The Hall–Kier alpha value is -1.92. The van der Waals surface area contributed by atoms with Crippen LogP contribution in [0, 0.1) is 5.82 Å². The Morgan fingerprint density at radius 1 is 1.27 bits per heavy atom. The van der Waals surface area contributed by atoms with Gasteiger partial charge in [-0.25, -0.2) is 4.39 Å². The van der Waals surface area contributed by atoms with Crippen molar-refractivity contribution >= 4 is 34.0 Å². The van der Waals surface area contributed by atoms with Crippen LogP contribution in [-0.2, 0) is 10.8 Å². The van der Waals surface area contributed by atoms with Gasteiger partial charge < -0.3 is 10.1 Å². The van der Waals surface area contributed by atoms with Crippen LogP contribution >= 0.6 is 11.6 Å². The van der Waals surface area contributed by atoms with Crippen molar-refractivity contribution in [3.63, 3.8) is 0 Å². The molecule has 0 aliphatic heterocycles. The Balaban J connectivity index is 2.22. The molecule has 0 bridgehead atoms. The van der Waals surface area contributed by atoms with E-state index >= 15 is 0 Å². The number of methoxy groups -OCH3 is 1. The van der Waals surface area contributed by atoms with E-state index in [4.69, 9.17) is 16.3 Å². The zero-order valence-corrected chi connectivity index (χ0v) is 13.4. The lowest BCUT2D eigenvalue weighted by Gasteiger charge is -2.09. The van der Waals surface area contributed by atoms with Crippen LogP contribution in [0.4, 0.5) is 10.1 Å². The van der Waals surface area contributed by atoms with Gasteiger partial charge >= 0.3 is 0 Å². The Morgan fingerprint density at radius 3 is 2.59 bits per heavy atom. The van der Waals surface area contributed by atoms with E-state index in [2.05, 4.69) is 5.32 Å². The van der Waals surface area contributed by atoms with Crippen LogP contribution in [0.3, 0.4) is 0 Å². The quantitative estimate of drug-likeness (QED) is 0.926. The highest BCUT2D eigenvalue weighted by Gasteiger charge is 2.12. The van der Waals surface area contributed by atoms with Crippen LogP contribution in [-0.4, -0.2) is 23.5 Å². The smallest absolute Gasteiger partial charge is 0.255 e. The van der Waals surface area contributed by atoms with Crippen LogP contribution < -0.4 is 10.1 Å². The first-order chi connectivity index (χ1) is 10.4. The third kappa shape index (κ3) is 3.64. The van der Waals surface area contributed by atoms with Gasteiger partial charge in [0.05, 0.1) is 27.8 Å². The molecule has 1 unspecified atom stereocenters. The number of hydrogen-bond acceptors (Lipinski definition) is 3. The van der Waals surface area contributed by atoms with Gasteiger partial charge in [0.1, 0.15) is 11.6 Å². The number of nitrogens with one attached hydrogen (secondary N) is 1. The number of rotatable bonds is 4. The summed E-state index contributed by atoms with van der Waals surface area (Å²) >= 11 is 5.89. The Bertz CT molecular complexity index is 752. The van der Waals surface area contributed by atoms with Crippen molar-refractivity contribution in [3.8, 4) is 5.75 Å². The molecule has 116 valence electrons. The molecule has 0 fully saturated rings. The fraction of sp³-hybridized carbons (Fsp3) is 0.133. The van der Waals surface area contributed by atoms with E-state index in [0.29, 0.717) is 16.3 Å². The van der Waals surface area contributed by atoms with Gasteiger partial charge in [-0.1, -0.05) is 11.6 Å². The third-order valence-electron chi connectivity index (χ3n) is 2.91. The summed E-state index contributed by atoms with van der Waals surface area (Å²) in [5, 5.41) is 2.95. The van der Waals surface area contributed by atoms with E-state index in [9.17, 15) is 13.4 Å². The summed E-state index contributed by atoms with van der Waals surface area (Å²) < 4.78 is 30.1. The molecule has 0 saturated carbocycles. The van der Waals surface area contributed by atoms with Crippen molar-refractivity contribution in [2.75, 3.05) is 18.7 Å². The van der Waals surface area contributed by atoms with Gasteiger partial charge in [0.15, 0.2) is 0 Å². The van der Waals surface area contributed by atoms with Crippen LogP contribution in [0.15, 0.2) is 41.3 Å². The Morgan fingerprint density at radius 2 is 2.00 bits per heavy atom. The van der Waals surface area contributed by atoms with Gasteiger partial charge in [-0.2, -0.15) is 0 Å². The largest absolute Gasteiger partial charge is 0.495 e. The Labute approximate surface area is 134 Å². The third-order valence-corrected chi connectivity index (χ3v) is 4.18. The minimum absolute atomic E-state index is 0.0890. The second-order valence-corrected chi connectivity index (χ2v) is 6.16. The van der Waals surface area contributed by atoms with Gasteiger partial charge in [-0.3, -0.25) is 9.00 Å². The molecule has 0 aliphatic carbocycles. The topological polar surface area (TPSA) is 55.4 Å². The summed E-state index contributed by atoms with van der Waals surface area (Å²) in [6.45, 7) is 0. The molecule has 1 N–H and O–H groups in total. The second kappa shape index (κ2) is 6.89. The first-order valence-electron chi connectivity index (χ1n) is 6.20. The normalized spacial score (nSPS) is 11.8. The predicted octanol–water partition coefficient (Wildman–Crippen LogP) is 3.48. The van der Waals surface area contributed by atoms with E-state index in [1.165, 1.54) is 37.6 Å². The van der Waals surface area contributed by atoms with E-state index in [0.717, 1.165) is 6.07 Å². The molecule has 0 spiro atoms. The van der Waals surface area contributed by atoms with Gasteiger partial charge in [0.25, 0.3) is 5.91 Å². The second-order valence-electron chi connectivity index (χ2n) is 4.40. The standard InChI is InChI=1S/C15H13ClFNO3S/c1-21-13-7-9(3-5-11(13)16)15(19)18-10-4-6-14(22(2)20)12(17)8-10/h3-8H,1-2H3,(H,18,19). The van der Waals surface area contributed by atoms with Crippen molar-refractivity contribution in [2.24, 2.45) is 0 Å². The van der Waals surface area contributed by atoms with Crippen LogP contribution in [0.1, 0.15) is 10.4 Å². The maximum absolute atomic E-state index is 13.7. The molecule has 2 rings (SSSR count). The summed E-state index contributed by atoms with van der Waals surface area (Å²) in [6, 6.07) is 8.56. The molecule has 1 atom stereocenters. The first kappa shape index (κ1) is 16.5. The molecule has 2 aromatic rings. The summed E-state index contributed by atoms with van der Waals surface area (Å²) in [7, 11) is 0.0229. The van der Waals surface area contributed by atoms with Crippen molar-refractivity contribution in [1.29, 1.82) is 0 Å². The van der Waals surface area contributed by atoms with Gasteiger partial charge in [0, 0.05) is 17.5 Å². The minimum atomic E-state index is -1.42. The molecule has 1 amide bonds. The summed E-state index contributed by atoms with van der Waals surface area (Å²) in [4.78, 5) is 12.2. The van der Waals surface area contributed by atoms with E-state index in [1.807, 2.05) is 0 Å². The molecular weight excluding hydrogens is 329 g/mol. The van der Waals surface area contributed by atoms with Crippen molar-refractivity contribution in [3.05, 3.63) is 52.8 Å². The average molecular weight is 342 g/mol. The molecule has 2 aromatic carbocycles. The van der Waals surface area contributed by atoms with Crippen molar-refractivity contribution in [1.82, 2.24) is 0 Å². The molecule has 4 nitrogen and oxygen atoms in total. The zero-order valence-electron chi connectivity index (χ0n) is 11.9. The van der Waals surface area contributed by atoms with Gasteiger partial charge in [-0.15, -0.1) is 0 Å². The molecule has 0 radical (unpaired) electrons. The molecule has 0 heterocycles. The van der Waals surface area contributed by atoms with E-state index in [-0.39, 0.29) is 10.6 Å². The lowest BCUT2D eigenvalue weighted by molar-refractivity contribution is 0.102. The zero-order chi connectivity index (χ0) is 16.3. The molecule has 7 heteroatoms. The van der Waals surface area contributed by atoms with E-state index < -0.39 is 22.5 Å². The monoisotopic (exact) mass is 341 g/mol. The highest BCUT2D eigenvalue weighted by atomic mass is 35.5. The van der Waals surface area contributed by atoms with E-state index in [1.54, 1.807) is 6.07 Å². The van der Waals surface area contributed by atoms with Crippen LogP contribution in [0.2, 0.25) is 5.02 Å². The Kier molecular flexibility index (Phi) is 5.15. The maximum atomic E-state index is 13.7. The number of benzene rings is 2. The van der Waals surface area contributed by atoms with Gasteiger partial charge in [0.2, 0.25) is 0 Å². The summed E-state index contributed by atoms with van der Waals surface area (Å²) in [5.41, 5.74) is 0.593. The number of ether oxygens (including phenoxy) is 1. The van der Waals surface area contributed by atoms with Crippen molar-refractivity contribution in [2.45, 2.75) is 4.90 Å². The first-order valence-corrected chi connectivity index (χ1v) is 8.14. The number of carbonyl (C=O) groups is 1. The summed E-state index contributed by atoms with van der Waals surface area (Å²) in [6.07, 6.45) is 1.39. The highest BCUT2D eigenvalue weighted by Crippen LogP contribution is 2.25. The predicted molar refractivity (Wildman–Crippen MR) is 84.7 cm³/mol. The fourth-order valence-corrected chi connectivity index (χ4v) is 2.60. The summed E-state index contributed by atoms with van der Waals surface area (Å²) in [5.74, 6) is -0.690.